The molecular weight excluding hydrogens is 212 g/mol. The van der Waals surface area contributed by atoms with Gasteiger partial charge < -0.3 is 4.43 Å². The number of hydrogen-bond acceptors (Lipinski definition) is 1. The molecule has 1 nitrogen and oxygen atoms in total. The molecule has 2 heteroatoms. The summed E-state index contributed by atoms with van der Waals surface area (Å²) in [6.45, 7) is 10.8. The topological polar surface area (TPSA) is 9.23 Å². The Hall–Kier alpha value is -0.343. The van der Waals surface area contributed by atoms with E-state index >= 15 is 0 Å². The van der Waals surface area contributed by atoms with Crippen molar-refractivity contribution in [1.82, 2.24) is 0 Å². The second-order valence-corrected chi connectivity index (χ2v) is 5.90. The third-order valence-corrected chi connectivity index (χ3v) is 4.16. The van der Waals surface area contributed by atoms with Gasteiger partial charge in [0.2, 0.25) is 0 Å². The van der Waals surface area contributed by atoms with E-state index in [0.29, 0.717) is 0 Å². The third kappa shape index (κ3) is 10.2. The van der Waals surface area contributed by atoms with Crippen LogP contribution in [-0.2, 0) is 4.43 Å². The van der Waals surface area contributed by atoms with Crippen molar-refractivity contribution in [2.24, 2.45) is 5.92 Å². The number of unbranched alkanes of at least 4 members (excludes halogenated alkanes) is 1. The van der Waals surface area contributed by atoms with Gasteiger partial charge in [-0.2, -0.15) is 0 Å². The zero-order valence-electron chi connectivity index (χ0n) is 10.9. The van der Waals surface area contributed by atoms with Crippen molar-refractivity contribution in [1.29, 1.82) is 0 Å². The van der Waals surface area contributed by atoms with Crippen molar-refractivity contribution >= 4 is 9.76 Å². The van der Waals surface area contributed by atoms with Crippen LogP contribution in [0.1, 0.15) is 45.4 Å². The minimum atomic E-state index is -0.208. The molecule has 0 aromatic carbocycles. The molecule has 0 aliphatic rings. The van der Waals surface area contributed by atoms with Crippen LogP contribution in [0.5, 0.6) is 0 Å². The first kappa shape index (κ1) is 15.7. The van der Waals surface area contributed by atoms with Gasteiger partial charge in [0.05, 0.1) is 0 Å². The molecule has 0 unspecified atom stereocenters. The molecule has 0 fully saturated rings. The molecule has 0 N–H and O–H groups in total. The summed E-state index contributed by atoms with van der Waals surface area (Å²) in [6.07, 6.45) is 11.4. The monoisotopic (exact) mass is 240 g/mol. The van der Waals surface area contributed by atoms with E-state index in [0.717, 1.165) is 25.4 Å². The molecule has 0 atom stereocenters. The molecule has 0 aromatic heterocycles. The van der Waals surface area contributed by atoms with E-state index in [-0.39, 0.29) is 9.76 Å². The minimum absolute atomic E-state index is 0.208. The lowest BCUT2D eigenvalue weighted by Gasteiger charge is -2.12. The fourth-order valence-electron chi connectivity index (χ4n) is 1.83. The Kier molecular flexibility index (Phi) is 12.5. The Morgan fingerprint density at radius 2 is 1.88 bits per heavy atom. The van der Waals surface area contributed by atoms with Crippen molar-refractivity contribution in [2.45, 2.75) is 51.5 Å². The minimum Gasteiger partial charge on any atom is -0.424 e. The Morgan fingerprint density at radius 1 is 1.19 bits per heavy atom. The zero-order chi connectivity index (χ0) is 12.1. The lowest BCUT2D eigenvalue weighted by Crippen LogP contribution is -2.04. The molecule has 0 amide bonds. The summed E-state index contributed by atoms with van der Waals surface area (Å²) >= 11 is 0. The summed E-state index contributed by atoms with van der Waals surface area (Å²) in [5, 5.41) is 0. The Balaban J connectivity index is 3.32. The van der Waals surface area contributed by atoms with Gasteiger partial charge in [0.25, 0.3) is 0 Å². The van der Waals surface area contributed by atoms with E-state index in [2.05, 4.69) is 20.1 Å². The van der Waals surface area contributed by atoms with Gasteiger partial charge in [-0.3, -0.25) is 0 Å². The Morgan fingerprint density at radius 3 is 2.44 bits per heavy atom. The van der Waals surface area contributed by atoms with Crippen LogP contribution in [0.4, 0.5) is 0 Å². The van der Waals surface area contributed by atoms with Crippen molar-refractivity contribution in [3.05, 3.63) is 25.3 Å². The highest BCUT2D eigenvalue weighted by molar-refractivity contribution is 6.26. The largest absolute Gasteiger partial charge is 0.424 e. The first-order valence-electron chi connectivity index (χ1n) is 6.64. The SMILES string of the molecule is C=CCC(CC=C)CCCO[SiH2]CCCC. The summed E-state index contributed by atoms with van der Waals surface area (Å²) in [5.41, 5.74) is 0. The van der Waals surface area contributed by atoms with E-state index in [1.54, 1.807) is 0 Å². The first-order chi connectivity index (χ1) is 7.85. The highest BCUT2D eigenvalue weighted by Crippen LogP contribution is 2.16. The van der Waals surface area contributed by atoms with E-state index in [9.17, 15) is 0 Å². The normalized spacial score (nSPS) is 11.4. The molecule has 0 aliphatic carbocycles. The quantitative estimate of drug-likeness (QED) is 0.286. The molecule has 0 radical (unpaired) electrons. The van der Waals surface area contributed by atoms with Gasteiger partial charge in [0.15, 0.2) is 9.76 Å². The van der Waals surface area contributed by atoms with Crippen LogP contribution >= 0.6 is 0 Å². The second-order valence-electron chi connectivity index (χ2n) is 4.38. The lowest BCUT2D eigenvalue weighted by molar-refractivity contribution is 0.305. The van der Waals surface area contributed by atoms with Crippen LogP contribution in [0.2, 0.25) is 6.04 Å². The maximum Gasteiger partial charge on any atom is 0.161 e. The number of allylic oxidation sites excluding steroid dienone is 2. The molecule has 0 rings (SSSR count). The smallest absolute Gasteiger partial charge is 0.161 e. The van der Waals surface area contributed by atoms with Crippen LogP contribution in [0.15, 0.2) is 25.3 Å². The summed E-state index contributed by atoms with van der Waals surface area (Å²) in [4.78, 5) is 0. The Bertz CT molecular complexity index is 158. The van der Waals surface area contributed by atoms with Crippen molar-refractivity contribution in [2.75, 3.05) is 6.61 Å². The molecule has 0 saturated heterocycles. The van der Waals surface area contributed by atoms with E-state index in [4.69, 9.17) is 4.43 Å². The summed E-state index contributed by atoms with van der Waals surface area (Å²) in [5.74, 6) is 0.732. The molecule has 0 aromatic rings. The molecule has 0 heterocycles. The van der Waals surface area contributed by atoms with Crippen molar-refractivity contribution in [3.8, 4) is 0 Å². The zero-order valence-corrected chi connectivity index (χ0v) is 12.3. The van der Waals surface area contributed by atoms with Gasteiger partial charge in [-0.15, -0.1) is 13.2 Å². The van der Waals surface area contributed by atoms with Gasteiger partial charge in [0, 0.05) is 6.61 Å². The highest BCUT2D eigenvalue weighted by Gasteiger charge is 2.04. The van der Waals surface area contributed by atoms with Gasteiger partial charge in [0.1, 0.15) is 0 Å². The van der Waals surface area contributed by atoms with E-state index in [1.807, 2.05) is 12.2 Å². The molecule has 94 valence electrons. The fraction of sp³-hybridized carbons (Fsp3) is 0.714. The summed E-state index contributed by atoms with van der Waals surface area (Å²) < 4.78 is 5.73. The average Bonchev–Trinajstić information content (AvgIpc) is 2.28. The van der Waals surface area contributed by atoms with E-state index in [1.165, 1.54) is 31.7 Å². The molecule has 0 aliphatic heterocycles. The summed E-state index contributed by atoms with van der Waals surface area (Å²) in [6, 6.07) is 1.35. The van der Waals surface area contributed by atoms with E-state index < -0.39 is 0 Å². The predicted molar refractivity (Wildman–Crippen MR) is 76.6 cm³/mol. The standard InChI is InChI=1S/C14H28OSi/c1-4-7-13-16-15-12-8-11-14(9-5-2)10-6-3/h5-6,14H,2-4,7-13,16H2,1H3. The number of hydrogen-bond donors (Lipinski definition) is 0. The van der Waals surface area contributed by atoms with Crippen LogP contribution in [0.3, 0.4) is 0 Å². The maximum atomic E-state index is 5.73. The van der Waals surface area contributed by atoms with Gasteiger partial charge in [-0.1, -0.05) is 31.9 Å². The molecule has 0 spiro atoms. The maximum absolute atomic E-state index is 5.73. The average molecular weight is 240 g/mol. The van der Waals surface area contributed by atoms with Crippen LogP contribution < -0.4 is 0 Å². The van der Waals surface area contributed by atoms with Crippen LogP contribution in [0, 0.1) is 5.92 Å². The molecule has 16 heavy (non-hydrogen) atoms. The summed E-state index contributed by atoms with van der Waals surface area (Å²) in [7, 11) is -0.208. The van der Waals surface area contributed by atoms with Gasteiger partial charge >= 0.3 is 0 Å². The lowest BCUT2D eigenvalue weighted by atomic mass is 9.96. The molecule has 0 saturated carbocycles. The third-order valence-electron chi connectivity index (χ3n) is 2.79. The fourth-order valence-corrected chi connectivity index (χ4v) is 3.15. The van der Waals surface area contributed by atoms with Crippen molar-refractivity contribution < 1.29 is 4.43 Å². The number of rotatable bonds is 12. The second kappa shape index (κ2) is 12.7. The first-order valence-corrected chi connectivity index (χ1v) is 8.22. The van der Waals surface area contributed by atoms with Crippen molar-refractivity contribution in [3.63, 3.8) is 0 Å². The highest BCUT2D eigenvalue weighted by atomic mass is 28.2. The molecule has 0 bridgehead atoms. The predicted octanol–water partition coefficient (Wildman–Crippen LogP) is 3.85. The van der Waals surface area contributed by atoms with Crippen LogP contribution in [0.25, 0.3) is 0 Å². The van der Waals surface area contributed by atoms with Gasteiger partial charge in [-0.25, -0.2) is 0 Å². The van der Waals surface area contributed by atoms with Gasteiger partial charge in [-0.05, 0) is 37.6 Å². The van der Waals surface area contributed by atoms with Crippen LogP contribution in [-0.4, -0.2) is 16.4 Å². The Labute approximate surface area is 104 Å². The molecular formula is C14H28OSi.